The minimum absolute atomic E-state index is 0.0127. The van der Waals surface area contributed by atoms with Gasteiger partial charge in [0.05, 0.1) is 11.6 Å². The Morgan fingerprint density at radius 3 is 2.58 bits per heavy atom. The number of carbonyl (C=O) groups excluding carboxylic acids is 2. The van der Waals surface area contributed by atoms with Crippen molar-refractivity contribution in [1.29, 1.82) is 0 Å². The van der Waals surface area contributed by atoms with Crippen LogP contribution in [-0.2, 0) is 12.8 Å². The number of hydrogen-bond acceptors (Lipinski definition) is 3. The molecule has 6 heteroatoms. The number of rotatable bonds is 4. The highest BCUT2D eigenvalue weighted by atomic mass is 32.1. The molecule has 126 valence electrons. The number of primary amides is 1. The standard InChI is InChI=1S/C18H21N3O2S/c1-11(12-6-8-13(9-7-12)21-18(19)23)20-17(22)15-10-24-16-5-3-2-4-14(15)16/h6-11H,2-5H2,1H3,(H,20,22)(H3,19,21,23). The lowest BCUT2D eigenvalue weighted by molar-refractivity contribution is 0.0939. The Hall–Kier alpha value is -2.34. The van der Waals surface area contributed by atoms with E-state index in [-0.39, 0.29) is 11.9 Å². The first kappa shape index (κ1) is 16.5. The second-order valence-corrected chi connectivity index (χ2v) is 7.03. The van der Waals surface area contributed by atoms with Gasteiger partial charge in [-0.3, -0.25) is 4.79 Å². The Balaban J connectivity index is 1.68. The van der Waals surface area contributed by atoms with Crippen molar-refractivity contribution in [3.05, 3.63) is 51.2 Å². The number of thiophene rings is 1. The third-order valence-corrected chi connectivity index (χ3v) is 5.42. The van der Waals surface area contributed by atoms with Crippen molar-refractivity contribution in [2.45, 2.75) is 38.6 Å². The number of amides is 3. The van der Waals surface area contributed by atoms with E-state index < -0.39 is 6.03 Å². The SMILES string of the molecule is CC(NC(=O)c1csc2c1CCCC2)c1ccc(NC(N)=O)cc1. The zero-order chi connectivity index (χ0) is 17.1. The smallest absolute Gasteiger partial charge is 0.316 e. The molecule has 1 aromatic carbocycles. The highest BCUT2D eigenvalue weighted by Gasteiger charge is 2.21. The Labute approximate surface area is 145 Å². The molecule has 0 fully saturated rings. The first-order valence-corrected chi connectivity index (χ1v) is 8.99. The van der Waals surface area contributed by atoms with Crippen molar-refractivity contribution in [2.75, 3.05) is 5.32 Å². The molecule has 0 spiro atoms. The molecule has 5 nitrogen and oxygen atoms in total. The summed E-state index contributed by atoms with van der Waals surface area (Å²) in [5, 5.41) is 7.57. The number of benzene rings is 1. The first-order valence-electron chi connectivity index (χ1n) is 8.11. The van der Waals surface area contributed by atoms with Gasteiger partial charge >= 0.3 is 6.03 Å². The second-order valence-electron chi connectivity index (χ2n) is 6.06. The Kier molecular flexibility index (Phi) is 4.85. The summed E-state index contributed by atoms with van der Waals surface area (Å²) in [4.78, 5) is 24.8. The van der Waals surface area contributed by atoms with Gasteiger partial charge in [0.1, 0.15) is 0 Å². The van der Waals surface area contributed by atoms with Crippen molar-refractivity contribution in [3.8, 4) is 0 Å². The fourth-order valence-electron chi connectivity index (χ4n) is 3.04. The van der Waals surface area contributed by atoms with Crippen molar-refractivity contribution in [1.82, 2.24) is 5.32 Å². The molecule has 1 aliphatic rings. The number of hydrogen-bond donors (Lipinski definition) is 3. The summed E-state index contributed by atoms with van der Waals surface area (Å²) >= 11 is 1.70. The molecule has 1 heterocycles. The van der Waals surface area contributed by atoms with Gasteiger partial charge in [0.15, 0.2) is 0 Å². The zero-order valence-electron chi connectivity index (χ0n) is 13.6. The van der Waals surface area contributed by atoms with Gasteiger partial charge in [-0.1, -0.05) is 12.1 Å². The summed E-state index contributed by atoms with van der Waals surface area (Å²) in [6, 6.07) is 6.59. The predicted octanol–water partition coefficient (Wildman–Crippen LogP) is 3.61. The third-order valence-electron chi connectivity index (χ3n) is 4.33. The van der Waals surface area contributed by atoms with E-state index in [2.05, 4.69) is 10.6 Å². The van der Waals surface area contributed by atoms with Crippen LogP contribution < -0.4 is 16.4 Å². The Bertz CT molecular complexity index is 752. The quantitative estimate of drug-likeness (QED) is 0.792. The lowest BCUT2D eigenvalue weighted by Gasteiger charge is -2.17. The van der Waals surface area contributed by atoms with E-state index in [0.29, 0.717) is 5.69 Å². The van der Waals surface area contributed by atoms with Crippen LogP contribution in [0, 0.1) is 0 Å². The van der Waals surface area contributed by atoms with Crippen LogP contribution >= 0.6 is 11.3 Å². The summed E-state index contributed by atoms with van der Waals surface area (Å²) in [7, 11) is 0. The number of carbonyl (C=O) groups is 2. The maximum atomic E-state index is 12.6. The predicted molar refractivity (Wildman–Crippen MR) is 96.5 cm³/mol. The van der Waals surface area contributed by atoms with E-state index in [1.54, 1.807) is 23.5 Å². The van der Waals surface area contributed by atoms with Crippen LogP contribution in [0.1, 0.15) is 52.2 Å². The highest BCUT2D eigenvalue weighted by Crippen LogP contribution is 2.30. The zero-order valence-corrected chi connectivity index (χ0v) is 14.4. The summed E-state index contributed by atoms with van der Waals surface area (Å²) in [5.41, 5.74) is 8.76. The van der Waals surface area contributed by atoms with E-state index in [1.807, 2.05) is 24.4 Å². The number of nitrogens with one attached hydrogen (secondary N) is 2. The Morgan fingerprint density at radius 2 is 1.88 bits per heavy atom. The molecular weight excluding hydrogens is 322 g/mol. The topological polar surface area (TPSA) is 84.2 Å². The molecule has 1 atom stereocenters. The maximum Gasteiger partial charge on any atom is 0.316 e. The Morgan fingerprint density at radius 1 is 1.17 bits per heavy atom. The van der Waals surface area contributed by atoms with Crippen LogP contribution in [0.5, 0.6) is 0 Å². The summed E-state index contributed by atoms with van der Waals surface area (Å²) in [5.74, 6) is -0.0127. The van der Waals surface area contributed by atoms with Gasteiger partial charge < -0.3 is 16.4 Å². The van der Waals surface area contributed by atoms with E-state index in [0.717, 1.165) is 30.4 Å². The van der Waals surface area contributed by atoms with Gasteiger partial charge in [0.2, 0.25) is 0 Å². The lowest BCUT2D eigenvalue weighted by atomic mass is 9.95. The lowest BCUT2D eigenvalue weighted by Crippen LogP contribution is -2.27. The van der Waals surface area contributed by atoms with Gasteiger partial charge in [-0.2, -0.15) is 0 Å². The highest BCUT2D eigenvalue weighted by molar-refractivity contribution is 7.10. The molecular formula is C18H21N3O2S. The number of nitrogens with two attached hydrogens (primary N) is 1. The van der Waals surface area contributed by atoms with E-state index in [4.69, 9.17) is 5.73 Å². The van der Waals surface area contributed by atoms with Gasteiger partial charge in [0.25, 0.3) is 5.91 Å². The van der Waals surface area contributed by atoms with Crippen LogP contribution in [0.15, 0.2) is 29.6 Å². The van der Waals surface area contributed by atoms with Crippen molar-refractivity contribution in [3.63, 3.8) is 0 Å². The average molecular weight is 343 g/mol. The maximum absolute atomic E-state index is 12.6. The summed E-state index contributed by atoms with van der Waals surface area (Å²) in [6.07, 6.45) is 4.48. The minimum Gasteiger partial charge on any atom is -0.351 e. The number of anilines is 1. The molecule has 1 unspecified atom stereocenters. The van der Waals surface area contributed by atoms with Gasteiger partial charge in [-0.25, -0.2) is 4.79 Å². The molecule has 2 aromatic rings. The molecule has 4 N–H and O–H groups in total. The molecule has 1 aliphatic carbocycles. The van der Waals surface area contributed by atoms with Crippen LogP contribution in [-0.4, -0.2) is 11.9 Å². The molecule has 3 rings (SSSR count). The molecule has 0 saturated carbocycles. The monoisotopic (exact) mass is 343 g/mol. The molecule has 24 heavy (non-hydrogen) atoms. The van der Waals surface area contributed by atoms with Gasteiger partial charge in [0, 0.05) is 15.9 Å². The fraction of sp³-hybridized carbons (Fsp3) is 0.333. The largest absolute Gasteiger partial charge is 0.351 e. The molecule has 0 radical (unpaired) electrons. The van der Waals surface area contributed by atoms with Crippen molar-refractivity contribution >= 4 is 29.0 Å². The first-order chi connectivity index (χ1) is 11.5. The van der Waals surface area contributed by atoms with Crippen molar-refractivity contribution < 1.29 is 9.59 Å². The number of aryl methyl sites for hydroxylation is 1. The second kappa shape index (κ2) is 7.05. The molecule has 0 saturated heterocycles. The minimum atomic E-state index is -0.591. The van der Waals surface area contributed by atoms with Crippen LogP contribution in [0.3, 0.4) is 0 Å². The number of urea groups is 1. The van der Waals surface area contributed by atoms with E-state index >= 15 is 0 Å². The molecule has 1 aromatic heterocycles. The summed E-state index contributed by atoms with van der Waals surface area (Å²) < 4.78 is 0. The third kappa shape index (κ3) is 3.59. The van der Waals surface area contributed by atoms with E-state index in [1.165, 1.54) is 16.9 Å². The normalized spacial score (nSPS) is 14.5. The van der Waals surface area contributed by atoms with Crippen LogP contribution in [0.25, 0.3) is 0 Å². The summed E-state index contributed by atoms with van der Waals surface area (Å²) in [6.45, 7) is 1.95. The number of fused-ring (bicyclic) bond motifs is 1. The van der Waals surface area contributed by atoms with Crippen LogP contribution in [0.4, 0.5) is 10.5 Å². The van der Waals surface area contributed by atoms with E-state index in [9.17, 15) is 9.59 Å². The molecule has 0 bridgehead atoms. The van der Waals surface area contributed by atoms with Gasteiger partial charge in [-0.05, 0) is 55.9 Å². The fourth-order valence-corrected chi connectivity index (χ4v) is 4.17. The van der Waals surface area contributed by atoms with Crippen molar-refractivity contribution in [2.24, 2.45) is 5.73 Å². The van der Waals surface area contributed by atoms with Crippen LogP contribution in [0.2, 0.25) is 0 Å². The molecule has 3 amide bonds. The molecule has 0 aliphatic heterocycles. The average Bonchev–Trinajstić information content (AvgIpc) is 2.99. The van der Waals surface area contributed by atoms with Gasteiger partial charge in [-0.15, -0.1) is 11.3 Å².